The third-order valence-electron chi connectivity index (χ3n) is 8.85. The fourth-order valence-electron chi connectivity index (χ4n) is 6.97. The largest absolute Gasteiger partial charge is 0.333 e. The van der Waals surface area contributed by atoms with Gasteiger partial charge in [-0.1, -0.05) is 103 Å². The quantitative estimate of drug-likeness (QED) is 0.150. The second kappa shape index (κ2) is 9.29. The van der Waals surface area contributed by atoms with Crippen molar-refractivity contribution >= 4 is 48.8 Å². The van der Waals surface area contributed by atoms with Crippen LogP contribution in [0.5, 0.6) is 0 Å². The van der Waals surface area contributed by atoms with Gasteiger partial charge in [-0.05, 0) is 97.0 Å². The van der Waals surface area contributed by atoms with Crippen molar-refractivity contribution in [3.63, 3.8) is 0 Å². The van der Waals surface area contributed by atoms with Gasteiger partial charge in [0.05, 0.1) is 6.04 Å². The van der Waals surface area contributed by atoms with Gasteiger partial charge in [-0.3, -0.25) is 0 Å². The molecule has 2 unspecified atom stereocenters. The molecule has 0 saturated heterocycles. The van der Waals surface area contributed by atoms with Gasteiger partial charge in [0.2, 0.25) is 0 Å². The highest BCUT2D eigenvalue weighted by Gasteiger charge is 2.46. The lowest BCUT2D eigenvalue weighted by Crippen LogP contribution is -2.39. The molecule has 2 aliphatic rings. The van der Waals surface area contributed by atoms with Crippen LogP contribution in [-0.2, 0) is 5.41 Å². The van der Waals surface area contributed by atoms with Gasteiger partial charge in [-0.15, -0.1) is 0 Å². The second-order valence-corrected chi connectivity index (χ2v) is 11.9. The Morgan fingerprint density at radius 2 is 1.29 bits per heavy atom. The lowest BCUT2D eigenvalue weighted by molar-refractivity contribution is 0.551. The number of para-hydroxylation sites is 1. The van der Waals surface area contributed by atoms with Crippen LogP contribution in [0.1, 0.15) is 12.5 Å². The van der Waals surface area contributed by atoms with Crippen molar-refractivity contribution in [3.05, 3.63) is 150 Å². The highest BCUT2D eigenvalue weighted by molar-refractivity contribution is 9.10. The average Bonchev–Trinajstić information content (AvgIpc) is 3.28. The van der Waals surface area contributed by atoms with Crippen LogP contribution in [0, 0.1) is 0 Å². The number of benzene rings is 5. The van der Waals surface area contributed by atoms with Crippen LogP contribution in [0.4, 0.5) is 11.4 Å². The number of fused-ring (bicyclic) bond motifs is 5. The Labute approximate surface area is 248 Å². The van der Waals surface area contributed by atoms with Crippen molar-refractivity contribution in [1.82, 2.24) is 4.98 Å². The van der Waals surface area contributed by atoms with Crippen molar-refractivity contribution in [2.24, 2.45) is 0 Å². The number of anilines is 2. The summed E-state index contributed by atoms with van der Waals surface area (Å²) in [5.41, 5.74) is 8.59. The maximum absolute atomic E-state index is 4.57. The molecule has 41 heavy (non-hydrogen) atoms. The lowest BCUT2D eigenvalue weighted by Gasteiger charge is -2.34. The Morgan fingerprint density at radius 3 is 1.93 bits per heavy atom. The zero-order valence-electron chi connectivity index (χ0n) is 22.6. The molecule has 6 aromatic rings. The molecule has 2 nitrogen and oxygen atoms in total. The van der Waals surface area contributed by atoms with E-state index in [0.717, 1.165) is 10.2 Å². The smallest absolute Gasteiger partial charge is 0.106 e. The molecule has 0 bridgehead atoms. The van der Waals surface area contributed by atoms with Crippen molar-refractivity contribution in [1.29, 1.82) is 0 Å². The summed E-state index contributed by atoms with van der Waals surface area (Å²) in [6.07, 6.45) is 11.1. The van der Waals surface area contributed by atoms with Crippen molar-refractivity contribution in [2.45, 2.75) is 18.4 Å². The van der Waals surface area contributed by atoms with E-state index in [1.807, 2.05) is 12.3 Å². The SMILES string of the molecule is CC12C=CC=CC1N(c1ccccc1)c1ccc(-c3c4ccccc4c(-c4ccc(Br)nc4)c4ccccc34)cc12. The monoisotopic (exact) mass is 590 g/mol. The fourth-order valence-corrected chi connectivity index (χ4v) is 7.21. The van der Waals surface area contributed by atoms with Gasteiger partial charge < -0.3 is 4.90 Å². The zero-order valence-corrected chi connectivity index (χ0v) is 24.2. The first-order valence-electron chi connectivity index (χ1n) is 14.0. The molecule has 1 aliphatic heterocycles. The minimum absolute atomic E-state index is 0.134. The molecule has 2 heterocycles. The van der Waals surface area contributed by atoms with E-state index in [9.17, 15) is 0 Å². The van der Waals surface area contributed by atoms with E-state index in [4.69, 9.17) is 0 Å². The van der Waals surface area contributed by atoms with Gasteiger partial charge in [-0.2, -0.15) is 0 Å². The first-order valence-corrected chi connectivity index (χ1v) is 14.8. The Bertz CT molecular complexity index is 1970. The summed E-state index contributed by atoms with van der Waals surface area (Å²) in [7, 11) is 0. The minimum Gasteiger partial charge on any atom is -0.333 e. The molecule has 1 aliphatic carbocycles. The average molecular weight is 592 g/mol. The number of hydrogen-bond donors (Lipinski definition) is 0. The van der Waals surface area contributed by atoms with Crippen LogP contribution in [0.3, 0.4) is 0 Å². The van der Waals surface area contributed by atoms with E-state index in [2.05, 4.69) is 160 Å². The Morgan fingerprint density at radius 1 is 0.683 bits per heavy atom. The van der Waals surface area contributed by atoms with Crippen LogP contribution >= 0.6 is 15.9 Å². The molecule has 5 aromatic carbocycles. The molecule has 0 fully saturated rings. The summed E-state index contributed by atoms with van der Waals surface area (Å²) in [5, 5.41) is 4.98. The van der Waals surface area contributed by atoms with Crippen molar-refractivity contribution < 1.29 is 0 Å². The highest BCUT2D eigenvalue weighted by Crippen LogP contribution is 2.53. The van der Waals surface area contributed by atoms with Crippen molar-refractivity contribution in [2.75, 3.05) is 4.90 Å². The molecule has 3 heteroatoms. The summed E-state index contributed by atoms with van der Waals surface area (Å²) < 4.78 is 0.840. The molecule has 196 valence electrons. The number of hydrogen-bond acceptors (Lipinski definition) is 2. The molecular weight excluding hydrogens is 564 g/mol. The maximum Gasteiger partial charge on any atom is 0.106 e. The number of aromatic nitrogens is 1. The Hall–Kier alpha value is -4.47. The van der Waals surface area contributed by atoms with E-state index < -0.39 is 0 Å². The number of rotatable bonds is 3. The Balaban J connectivity index is 1.41. The highest BCUT2D eigenvalue weighted by atomic mass is 79.9. The molecule has 0 saturated carbocycles. The Kier molecular flexibility index (Phi) is 5.51. The first kappa shape index (κ1) is 24.3. The summed E-state index contributed by atoms with van der Waals surface area (Å²) in [6, 6.07) is 39.9. The van der Waals surface area contributed by atoms with Gasteiger partial charge in [0, 0.05) is 28.6 Å². The van der Waals surface area contributed by atoms with Gasteiger partial charge in [-0.25, -0.2) is 4.98 Å². The predicted molar refractivity (Wildman–Crippen MR) is 176 cm³/mol. The van der Waals surface area contributed by atoms with Crippen LogP contribution < -0.4 is 4.90 Å². The van der Waals surface area contributed by atoms with Crippen molar-refractivity contribution in [3.8, 4) is 22.3 Å². The van der Waals surface area contributed by atoms with Crippen LogP contribution in [0.15, 0.2) is 144 Å². The van der Waals surface area contributed by atoms with E-state index in [1.54, 1.807) is 0 Å². The second-order valence-electron chi connectivity index (χ2n) is 11.1. The molecule has 0 spiro atoms. The maximum atomic E-state index is 4.57. The van der Waals surface area contributed by atoms with Crippen LogP contribution in [-0.4, -0.2) is 11.0 Å². The normalized spacial score (nSPS) is 19.1. The summed E-state index contributed by atoms with van der Waals surface area (Å²) in [4.78, 5) is 7.07. The van der Waals surface area contributed by atoms with E-state index >= 15 is 0 Å². The summed E-state index contributed by atoms with van der Waals surface area (Å²) in [6.45, 7) is 2.38. The van der Waals surface area contributed by atoms with E-state index in [1.165, 1.54) is 55.2 Å². The van der Waals surface area contributed by atoms with Gasteiger partial charge in [0.25, 0.3) is 0 Å². The van der Waals surface area contributed by atoms with Gasteiger partial charge in [0.1, 0.15) is 4.60 Å². The lowest BCUT2D eigenvalue weighted by atomic mass is 9.75. The topological polar surface area (TPSA) is 16.1 Å². The third-order valence-corrected chi connectivity index (χ3v) is 9.32. The van der Waals surface area contributed by atoms with Crippen LogP contribution in [0.25, 0.3) is 43.8 Å². The molecule has 0 N–H and O–H groups in total. The number of nitrogens with zero attached hydrogens (tertiary/aromatic N) is 2. The third kappa shape index (κ3) is 3.66. The van der Waals surface area contributed by atoms with E-state index in [0.29, 0.717) is 0 Å². The molecule has 8 rings (SSSR count). The van der Waals surface area contributed by atoms with Gasteiger partial charge >= 0.3 is 0 Å². The molecular formula is C38H27BrN2. The first-order chi connectivity index (χ1) is 20.1. The summed E-state index contributed by atoms with van der Waals surface area (Å²) in [5.74, 6) is 0. The number of allylic oxidation sites excluding steroid dienone is 2. The molecule has 1 aromatic heterocycles. The number of halogens is 1. The predicted octanol–water partition coefficient (Wildman–Crippen LogP) is 10.4. The molecule has 0 radical (unpaired) electrons. The summed E-state index contributed by atoms with van der Waals surface area (Å²) >= 11 is 3.51. The van der Waals surface area contributed by atoms with E-state index in [-0.39, 0.29) is 11.5 Å². The van der Waals surface area contributed by atoms with Gasteiger partial charge in [0.15, 0.2) is 0 Å². The molecule has 0 amide bonds. The standard InChI is InChI=1S/C38H27BrN2/c1-38-22-10-9-17-34(38)41(27-11-3-2-4-12-27)33-20-18-25(23-32(33)38)36-28-13-5-7-15-30(28)37(26-19-21-35(39)40-24-26)31-16-8-6-14-29(31)36/h2-24,34H,1H3. The zero-order chi connectivity index (χ0) is 27.6. The fraction of sp³-hybridized carbons (Fsp3) is 0.0789. The van der Waals surface area contributed by atoms with Crippen LogP contribution in [0.2, 0.25) is 0 Å². The number of pyridine rings is 1. The minimum atomic E-state index is -0.134. The molecule has 2 atom stereocenters.